The molecule has 2 aromatic rings. The van der Waals surface area contributed by atoms with Gasteiger partial charge in [-0.15, -0.1) is 0 Å². The van der Waals surface area contributed by atoms with Gasteiger partial charge in [0.05, 0.1) is 23.0 Å². The Balaban J connectivity index is 1.88. The Labute approximate surface area is 116 Å². The van der Waals surface area contributed by atoms with Gasteiger partial charge in [-0.1, -0.05) is 11.6 Å². The molecule has 0 spiro atoms. The lowest BCUT2D eigenvalue weighted by Gasteiger charge is -2.03. The van der Waals surface area contributed by atoms with Crippen LogP contribution in [0.2, 0.25) is 5.02 Å². The average molecular weight is 282 g/mol. The normalized spacial score (nSPS) is 10.7. The van der Waals surface area contributed by atoms with E-state index in [4.69, 9.17) is 11.6 Å². The van der Waals surface area contributed by atoms with E-state index < -0.39 is 0 Å². The van der Waals surface area contributed by atoms with Crippen molar-refractivity contribution < 1.29 is 4.79 Å². The van der Waals surface area contributed by atoms with E-state index in [-0.39, 0.29) is 12.5 Å². The van der Waals surface area contributed by atoms with Crippen molar-refractivity contribution in [1.82, 2.24) is 24.9 Å². The van der Waals surface area contributed by atoms with Gasteiger partial charge in [0.15, 0.2) is 0 Å². The summed E-state index contributed by atoms with van der Waals surface area (Å²) >= 11 is 5.88. The van der Waals surface area contributed by atoms with Crippen LogP contribution < -0.4 is 5.32 Å². The summed E-state index contributed by atoms with van der Waals surface area (Å²) in [6.45, 7) is 4.33. The molecule has 2 heterocycles. The van der Waals surface area contributed by atoms with Crippen LogP contribution in [-0.4, -0.2) is 25.5 Å². The van der Waals surface area contributed by atoms with E-state index in [9.17, 15) is 4.79 Å². The van der Waals surface area contributed by atoms with Crippen LogP contribution in [0.25, 0.3) is 0 Å². The van der Waals surface area contributed by atoms with Crippen molar-refractivity contribution in [2.75, 3.05) is 0 Å². The number of hydrogen-bond acceptors (Lipinski definition) is 3. The van der Waals surface area contributed by atoms with Crippen LogP contribution in [0, 0.1) is 13.8 Å². The second kappa shape index (κ2) is 5.44. The lowest BCUT2D eigenvalue weighted by atomic mass is 10.3. The minimum Gasteiger partial charge on any atom is -0.349 e. The number of aryl methyl sites for hydroxylation is 3. The maximum absolute atomic E-state index is 11.7. The summed E-state index contributed by atoms with van der Waals surface area (Å²) in [7, 11) is 1.87. The fourth-order valence-corrected chi connectivity index (χ4v) is 1.84. The molecule has 0 saturated heterocycles. The summed E-state index contributed by atoms with van der Waals surface area (Å²) in [5, 5.41) is 11.8. The molecule has 102 valence electrons. The van der Waals surface area contributed by atoms with Crippen molar-refractivity contribution in [2.24, 2.45) is 7.05 Å². The van der Waals surface area contributed by atoms with E-state index in [2.05, 4.69) is 15.5 Å². The van der Waals surface area contributed by atoms with Gasteiger partial charge in [-0.05, 0) is 19.9 Å². The van der Waals surface area contributed by atoms with Crippen molar-refractivity contribution in [3.63, 3.8) is 0 Å². The molecule has 0 aromatic carbocycles. The average Bonchev–Trinajstić information content (AvgIpc) is 2.81. The Morgan fingerprint density at radius 2 is 2.16 bits per heavy atom. The fourth-order valence-electron chi connectivity index (χ4n) is 1.69. The SMILES string of the molecule is Cc1nn(CC(=O)NCc2cc(C)n(C)n2)cc1Cl. The predicted molar refractivity (Wildman–Crippen MR) is 71.8 cm³/mol. The molecule has 19 heavy (non-hydrogen) atoms. The number of carbonyl (C=O) groups is 1. The molecule has 0 saturated carbocycles. The number of aromatic nitrogens is 4. The molecule has 6 nitrogen and oxygen atoms in total. The number of halogens is 1. The van der Waals surface area contributed by atoms with Gasteiger partial charge in [0, 0.05) is 18.9 Å². The van der Waals surface area contributed by atoms with Crippen molar-refractivity contribution in [1.29, 1.82) is 0 Å². The molecule has 0 fully saturated rings. The van der Waals surface area contributed by atoms with Gasteiger partial charge in [0.1, 0.15) is 6.54 Å². The first-order chi connectivity index (χ1) is 8.95. The third kappa shape index (κ3) is 3.35. The Kier molecular flexibility index (Phi) is 3.90. The summed E-state index contributed by atoms with van der Waals surface area (Å²) in [5.74, 6) is -0.123. The van der Waals surface area contributed by atoms with E-state index in [1.54, 1.807) is 17.8 Å². The van der Waals surface area contributed by atoms with E-state index >= 15 is 0 Å². The molecule has 7 heteroatoms. The topological polar surface area (TPSA) is 64.7 Å². The lowest BCUT2D eigenvalue weighted by molar-refractivity contribution is -0.122. The first-order valence-electron chi connectivity index (χ1n) is 5.91. The van der Waals surface area contributed by atoms with Crippen molar-refractivity contribution in [3.05, 3.63) is 34.4 Å². The first-order valence-corrected chi connectivity index (χ1v) is 6.29. The quantitative estimate of drug-likeness (QED) is 0.916. The highest BCUT2D eigenvalue weighted by atomic mass is 35.5. The molecular formula is C12H16ClN5O. The van der Waals surface area contributed by atoms with Gasteiger partial charge in [-0.25, -0.2) is 0 Å². The van der Waals surface area contributed by atoms with E-state index in [1.165, 1.54) is 4.68 Å². The van der Waals surface area contributed by atoms with Crippen LogP contribution in [-0.2, 0) is 24.9 Å². The highest BCUT2D eigenvalue weighted by Crippen LogP contribution is 2.11. The van der Waals surface area contributed by atoms with Crippen molar-refractivity contribution in [3.8, 4) is 0 Å². The number of hydrogen-bond donors (Lipinski definition) is 1. The van der Waals surface area contributed by atoms with Gasteiger partial charge in [-0.3, -0.25) is 14.2 Å². The molecule has 0 atom stereocenters. The predicted octanol–water partition coefficient (Wildman–Crippen LogP) is 1.20. The summed E-state index contributed by atoms with van der Waals surface area (Å²) in [6, 6.07) is 1.94. The van der Waals surface area contributed by atoms with Gasteiger partial charge in [0.25, 0.3) is 0 Å². The minimum absolute atomic E-state index is 0.123. The zero-order valence-electron chi connectivity index (χ0n) is 11.1. The molecule has 0 bridgehead atoms. The first kappa shape index (κ1) is 13.6. The third-order valence-corrected chi connectivity index (χ3v) is 3.19. The molecule has 0 aliphatic carbocycles. The fraction of sp³-hybridized carbons (Fsp3) is 0.417. The molecule has 1 amide bonds. The number of rotatable bonds is 4. The summed E-state index contributed by atoms with van der Waals surface area (Å²) < 4.78 is 3.30. The number of nitrogens with zero attached hydrogens (tertiary/aromatic N) is 4. The van der Waals surface area contributed by atoms with Crippen molar-refractivity contribution in [2.45, 2.75) is 26.9 Å². The number of nitrogens with one attached hydrogen (secondary N) is 1. The zero-order valence-corrected chi connectivity index (χ0v) is 11.9. The smallest absolute Gasteiger partial charge is 0.242 e. The summed E-state index contributed by atoms with van der Waals surface area (Å²) in [5.41, 5.74) is 2.61. The summed E-state index contributed by atoms with van der Waals surface area (Å²) in [4.78, 5) is 11.7. The van der Waals surface area contributed by atoms with E-state index in [1.807, 2.05) is 20.0 Å². The number of carbonyl (C=O) groups excluding carboxylic acids is 1. The highest BCUT2D eigenvalue weighted by Gasteiger charge is 2.08. The van der Waals surface area contributed by atoms with Crippen LogP contribution in [0.5, 0.6) is 0 Å². The Hall–Kier alpha value is -1.82. The zero-order chi connectivity index (χ0) is 14.0. The highest BCUT2D eigenvalue weighted by molar-refractivity contribution is 6.31. The maximum Gasteiger partial charge on any atom is 0.242 e. The second-order valence-corrected chi connectivity index (χ2v) is 4.84. The maximum atomic E-state index is 11.7. The molecule has 0 aliphatic rings. The largest absolute Gasteiger partial charge is 0.349 e. The molecule has 0 aliphatic heterocycles. The van der Waals surface area contributed by atoms with Gasteiger partial charge < -0.3 is 5.32 Å². The Bertz CT molecular complexity index is 562. The van der Waals surface area contributed by atoms with E-state index in [0.29, 0.717) is 11.6 Å². The van der Waals surface area contributed by atoms with Crippen molar-refractivity contribution >= 4 is 17.5 Å². The lowest BCUT2D eigenvalue weighted by Crippen LogP contribution is -2.27. The van der Waals surface area contributed by atoms with Crippen LogP contribution in [0.4, 0.5) is 0 Å². The molecule has 2 aromatic heterocycles. The van der Waals surface area contributed by atoms with Gasteiger partial charge in [-0.2, -0.15) is 10.2 Å². The van der Waals surface area contributed by atoms with Gasteiger partial charge in [0.2, 0.25) is 5.91 Å². The van der Waals surface area contributed by atoms with Crippen LogP contribution >= 0.6 is 11.6 Å². The van der Waals surface area contributed by atoms with Crippen LogP contribution in [0.15, 0.2) is 12.3 Å². The summed E-state index contributed by atoms with van der Waals surface area (Å²) in [6.07, 6.45) is 1.64. The standard InChI is InChI=1S/C12H16ClN5O/c1-8-4-10(16-17(8)3)5-14-12(19)7-18-6-11(13)9(2)15-18/h4,6H,5,7H2,1-3H3,(H,14,19). The molecule has 0 unspecified atom stereocenters. The second-order valence-electron chi connectivity index (χ2n) is 4.44. The van der Waals surface area contributed by atoms with Gasteiger partial charge >= 0.3 is 0 Å². The minimum atomic E-state index is -0.123. The molecule has 1 N–H and O–H groups in total. The van der Waals surface area contributed by atoms with Crippen LogP contribution in [0.1, 0.15) is 17.1 Å². The third-order valence-electron chi connectivity index (χ3n) is 2.82. The Morgan fingerprint density at radius 1 is 1.42 bits per heavy atom. The Morgan fingerprint density at radius 3 is 2.68 bits per heavy atom. The monoisotopic (exact) mass is 281 g/mol. The van der Waals surface area contributed by atoms with Crippen LogP contribution in [0.3, 0.4) is 0 Å². The molecular weight excluding hydrogens is 266 g/mol. The van der Waals surface area contributed by atoms with E-state index in [0.717, 1.165) is 17.1 Å². The molecule has 2 rings (SSSR count). The number of amides is 1. The molecule has 0 radical (unpaired) electrons.